The molecule has 2 unspecified atom stereocenters. The molecule has 2 atom stereocenters. The quantitative estimate of drug-likeness (QED) is 0.780. The van der Waals surface area contributed by atoms with E-state index in [-0.39, 0.29) is 17.9 Å². The van der Waals surface area contributed by atoms with Gasteiger partial charge in [0.05, 0.1) is 7.11 Å². The highest BCUT2D eigenvalue weighted by atomic mass is 16.5. The lowest BCUT2D eigenvalue weighted by atomic mass is 9.65. The third-order valence-electron chi connectivity index (χ3n) is 6.31. The van der Waals surface area contributed by atoms with Gasteiger partial charge in [-0.2, -0.15) is 0 Å². The lowest BCUT2D eigenvalue weighted by Crippen LogP contribution is -2.49. The zero-order valence-electron chi connectivity index (χ0n) is 16.8. The first-order chi connectivity index (χ1) is 14.1. The lowest BCUT2D eigenvalue weighted by Gasteiger charge is -2.43. The van der Waals surface area contributed by atoms with E-state index in [4.69, 9.17) is 15.2 Å². The summed E-state index contributed by atoms with van der Waals surface area (Å²) in [5.41, 5.74) is 7.29. The minimum Gasteiger partial charge on any atom is -0.497 e. The average Bonchev–Trinajstić information content (AvgIpc) is 2.73. The van der Waals surface area contributed by atoms with Crippen molar-refractivity contribution in [3.8, 4) is 17.4 Å². The summed E-state index contributed by atoms with van der Waals surface area (Å²) in [5, 5.41) is 3.08. The number of hydrogen-bond donors (Lipinski definition) is 2. The SMILES string of the molecule is COc1cccc(Oc2ccc(CNC(=O)C3CC4CCCC(C3)C4N)cn2)c1. The third-order valence-corrected chi connectivity index (χ3v) is 6.31. The lowest BCUT2D eigenvalue weighted by molar-refractivity contribution is -0.128. The van der Waals surface area contributed by atoms with Crippen molar-refractivity contribution in [3.05, 3.63) is 48.2 Å². The summed E-state index contributed by atoms with van der Waals surface area (Å²) in [6.07, 6.45) is 7.18. The van der Waals surface area contributed by atoms with Gasteiger partial charge in [-0.05, 0) is 55.2 Å². The third kappa shape index (κ3) is 4.70. The Hall–Kier alpha value is -2.60. The molecule has 29 heavy (non-hydrogen) atoms. The molecule has 6 heteroatoms. The molecule has 1 aromatic heterocycles. The summed E-state index contributed by atoms with van der Waals surface area (Å²) in [6.45, 7) is 0.475. The van der Waals surface area contributed by atoms with Crippen LogP contribution in [0.3, 0.4) is 0 Å². The summed E-state index contributed by atoms with van der Waals surface area (Å²) >= 11 is 0. The van der Waals surface area contributed by atoms with Crippen molar-refractivity contribution in [2.75, 3.05) is 7.11 Å². The minimum absolute atomic E-state index is 0.0914. The first-order valence-corrected chi connectivity index (χ1v) is 10.4. The second-order valence-corrected chi connectivity index (χ2v) is 8.20. The van der Waals surface area contributed by atoms with E-state index in [1.54, 1.807) is 19.4 Å². The number of benzene rings is 1. The molecule has 2 bridgehead atoms. The second-order valence-electron chi connectivity index (χ2n) is 8.20. The van der Waals surface area contributed by atoms with Gasteiger partial charge in [0, 0.05) is 36.8 Å². The summed E-state index contributed by atoms with van der Waals surface area (Å²) in [5.74, 6) is 3.15. The average molecular weight is 396 g/mol. The van der Waals surface area contributed by atoms with Crippen LogP contribution in [-0.4, -0.2) is 24.0 Å². The summed E-state index contributed by atoms with van der Waals surface area (Å²) in [4.78, 5) is 17.0. The van der Waals surface area contributed by atoms with E-state index in [0.717, 1.165) is 24.2 Å². The maximum Gasteiger partial charge on any atom is 0.223 e. The molecular formula is C23H29N3O3. The van der Waals surface area contributed by atoms with Gasteiger partial charge < -0.3 is 20.5 Å². The highest BCUT2D eigenvalue weighted by molar-refractivity contribution is 5.78. The molecule has 2 fully saturated rings. The Morgan fingerprint density at radius 1 is 1.17 bits per heavy atom. The number of rotatable bonds is 6. The molecule has 3 N–H and O–H groups in total. The Labute approximate surface area is 171 Å². The molecule has 0 saturated heterocycles. The minimum atomic E-state index is 0.0914. The van der Waals surface area contributed by atoms with Crippen LogP contribution >= 0.6 is 0 Å². The number of nitrogens with zero attached hydrogens (tertiary/aromatic N) is 1. The number of pyridine rings is 1. The second kappa shape index (κ2) is 8.82. The Bertz CT molecular complexity index is 826. The first-order valence-electron chi connectivity index (χ1n) is 10.4. The zero-order valence-corrected chi connectivity index (χ0v) is 16.8. The van der Waals surface area contributed by atoms with Crippen LogP contribution in [-0.2, 0) is 11.3 Å². The molecule has 2 aromatic rings. The predicted octanol–water partition coefficient (Wildman–Crippen LogP) is 3.65. The van der Waals surface area contributed by atoms with Crippen LogP contribution in [0.1, 0.15) is 37.7 Å². The van der Waals surface area contributed by atoms with Crippen LogP contribution in [0.5, 0.6) is 17.4 Å². The van der Waals surface area contributed by atoms with Gasteiger partial charge in [-0.15, -0.1) is 0 Å². The van der Waals surface area contributed by atoms with Gasteiger partial charge in [0.25, 0.3) is 0 Å². The number of fused-ring (bicyclic) bond motifs is 2. The maximum absolute atomic E-state index is 12.7. The number of methoxy groups -OCH3 is 1. The fourth-order valence-corrected chi connectivity index (χ4v) is 4.70. The van der Waals surface area contributed by atoms with Gasteiger partial charge in [0.1, 0.15) is 11.5 Å². The molecule has 0 spiro atoms. The number of hydrogen-bond acceptors (Lipinski definition) is 5. The van der Waals surface area contributed by atoms with E-state index >= 15 is 0 Å². The number of aromatic nitrogens is 1. The van der Waals surface area contributed by atoms with Crippen LogP contribution in [0, 0.1) is 17.8 Å². The smallest absolute Gasteiger partial charge is 0.223 e. The molecule has 1 amide bonds. The Balaban J connectivity index is 1.29. The van der Waals surface area contributed by atoms with Crippen molar-refractivity contribution >= 4 is 5.91 Å². The number of carbonyl (C=O) groups excluding carboxylic acids is 1. The Morgan fingerprint density at radius 2 is 1.93 bits per heavy atom. The normalized spacial score (nSPS) is 25.9. The molecular weight excluding hydrogens is 366 g/mol. The van der Waals surface area contributed by atoms with E-state index in [9.17, 15) is 4.79 Å². The van der Waals surface area contributed by atoms with Crippen molar-refractivity contribution in [1.82, 2.24) is 10.3 Å². The molecule has 2 saturated carbocycles. The molecule has 6 nitrogen and oxygen atoms in total. The molecule has 2 aliphatic rings. The van der Waals surface area contributed by atoms with Crippen LogP contribution in [0.4, 0.5) is 0 Å². The Morgan fingerprint density at radius 3 is 2.62 bits per heavy atom. The maximum atomic E-state index is 12.7. The van der Waals surface area contributed by atoms with Gasteiger partial charge in [0.2, 0.25) is 11.8 Å². The van der Waals surface area contributed by atoms with E-state index in [1.807, 2.05) is 30.3 Å². The van der Waals surface area contributed by atoms with Crippen molar-refractivity contribution < 1.29 is 14.3 Å². The standard InChI is InChI=1S/C23H29N3O3/c1-28-19-6-3-7-20(12-19)29-21-9-8-15(13-25-21)14-26-23(27)18-10-16-4-2-5-17(11-18)22(16)24/h3,6-9,12-13,16-18,22H,2,4-5,10-11,14,24H2,1H3,(H,26,27). The number of nitrogens with two attached hydrogens (primary N) is 1. The van der Waals surface area contributed by atoms with Crippen molar-refractivity contribution in [1.29, 1.82) is 0 Å². The topological polar surface area (TPSA) is 86.5 Å². The van der Waals surface area contributed by atoms with Crippen molar-refractivity contribution in [2.24, 2.45) is 23.5 Å². The number of amides is 1. The monoisotopic (exact) mass is 395 g/mol. The molecule has 0 aliphatic heterocycles. The summed E-state index contributed by atoms with van der Waals surface area (Å²) in [6, 6.07) is 11.4. The van der Waals surface area contributed by atoms with E-state index < -0.39 is 0 Å². The summed E-state index contributed by atoms with van der Waals surface area (Å²) < 4.78 is 11.0. The predicted molar refractivity (Wildman–Crippen MR) is 111 cm³/mol. The molecule has 154 valence electrons. The van der Waals surface area contributed by atoms with Crippen LogP contribution in [0.15, 0.2) is 42.6 Å². The fourth-order valence-electron chi connectivity index (χ4n) is 4.70. The van der Waals surface area contributed by atoms with Gasteiger partial charge in [-0.3, -0.25) is 4.79 Å². The van der Waals surface area contributed by atoms with Crippen molar-refractivity contribution in [3.63, 3.8) is 0 Å². The number of nitrogens with one attached hydrogen (secondary N) is 1. The van der Waals surface area contributed by atoms with E-state index in [1.165, 1.54) is 19.3 Å². The molecule has 1 heterocycles. The van der Waals surface area contributed by atoms with E-state index in [0.29, 0.717) is 30.0 Å². The van der Waals surface area contributed by atoms with Gasteiger partial charge in [-0.1, -0.05) is 18.6 Å². The van der Waals surface area contributed by atoms with Gasteiger partial charge >= 0.3 is 0 Å². The van der Waals surface area contributed by atoms with Crippen LogP contribution in [0.2, 0.25) is 0 Å². The molecule has 0 radical (unpaired) electrons. The van der Waals surface area contributed by atoms with Crippen molar-refractivity contribution in [2.45, 2.75) is 44.7 Å². The highest BCUT2D eigenvalue weighted by Crippen LogP contribution is 2.41. The fraction of sp³-hybridized carbons (Fsp3) is 0.478. The number of carbonyl (C=O) groups is 1. The van der Waals surface area contributed by atoms with Crippen LogP contribution in [0.25, 0.3) is 0 Å². The summed E-state index contributed by atoms with van der Waals surface area (Å²) in [7, 11) is 1.62. The Kier molecular flexibility index (Phi) is 6.00. The van der Waals surface area contributed by atoms with Crippen LogP contribution < -0.4 is 20.5 Å². The highest BCUT2D eigenvalue weighted by Gasteiger charge is 2.40. The molecule has 1 aromatic carbocycles. The first kappa shape index (κ1) is 19.7. The molecule has 2 aliphatic carbocycles. The molecule has 4 rings (SSSR count). The zero-order chi connectivity index (χ0) is 20.2. The van der Waals surface area contributed by atoms with E-state index in [2.05, 4.69) is 10.3 Å². The largest absolute Gasteiger partial charge is 0.497 e. The number of ether oxygens (including phenoxy) is 2. The van der Waals surface area contributed by atoms with Gasteiger partial charge in [0.15, 0.2) is 0 Å². The van der Waals surface area contributed by atoms with Gasteiger partial charge in [-0.25, -0.2) is 4.98 Å².